The van der Waals surface area contributed by atoms with Crippen molar-refractivity contribution in [3.05, 3.63) is 24.0 Å². The Morgan fingerprint density at radius 2 is 1.71 bits per heavy atom. The summed E-state index contributed by atoms with van der Waals surface area (Å²) < 4.78 is 19.3. The molecule has 168 valence electrons. The van der Waals surface area contributed by atoms with E-state index in [1.807, 2.05) is 7.05 Å². The Bertz CT molecular complexity index is 869. The van der Waals surface area contributed by atoms with Crippen molar-refractivity contribution in [1.82, 2.24) is 15.0 Å². The summed E-state index contributed by atoms with van der Waals surface area (Å²) in [5, 5.41) is 16.0. The van der Waals surface area contributed by atoms with E-state index in [-0.39, 0.29) is 0 Å². The highest BCUT2D eigenvalue weighted by molar-refractivity contribution is 5.57. The Kier molecular flexibility index (Phi) is 7.01. The molecule has 1 aromatic carbocycles. The van der Waals surface area contributed by atoms with Gasteiger partial charge in [-0.1, -0.05) is 25.7 Å². The minimum absolute atomic E-state index is 0.292. The molecule has 0 amide bonds. The number of phenolic OH excluding ortho intramolecular Hbond substituents is 1. The maximum Gasteiger partial charge on any atom is 0.233 e. The predicted octanol–water partition coefficient (Wildman–Crippen LogP) is 4.21. The first-order chi connectivity index (χ1) is 15.1. The highest BCUT2D eigenvalue weighted by Crippen LogP contribution is 2.26. The van der Waals surface area contributed by atoms with E-state index in [2.05, 4.69) is 25.5 Å². The molecule has 2 heterocycles. The minimum Gasteiger partial charge on any atom is -0.505 e. The van der Waals surface area contributed by atoms with Crippen LogP contribution >= 0.6 is 0 Å². The predicted molar refractivity (Wildman–Crippen MR) is 119 cm³/mol. The Labute approximate surface area is 182 Å². The maximum absolute atomic E-state index is 13.8. The summed E-state index contributed by atoms with van der Waals surface area (Å²) in [7, 11) is 1.99. The molecule has 0 unspecified atom stereocenters. The minimum atomic E-state index is -0.699. The summed E-state index contributed by atoms with van der Waals surface area (Å²) in [6.45, 7) is 1.45. The van der Waals surface area contributed by atoms with Gasteiger partial charge in [0.25, 0.3) is 0 Å². The molecule has 3 N–H and O–H groups in total. The summed E-state index contributed by atoms with van der Waals surface area (Å²) >= 11 is 0. The van der Waals surface area contributed by atoms with Gasteiger partial charge >= 0.3 is 0 Å². The monoisotopic (exact) mass is 430 g/mol. The zero-order valence-corrected chi connectivity index (χ0v) is 18.0. The van der Waals surface area contributed by atoms with Gasteiger partial charge < -0.3 is 25.4 Å². The van der Waals surface area contributed by atoms with Crippen LogP contribution in [-0.4, -0.2) is 52.4 Å². The molecule has 9 heteroatoms. The second-order valence-electron chi connectivity index (χ2n) is 8.36. The third-order valence-corrected chi connectivity index (χ3v) is 6.07. The van der Waals surface area contributed by atoms with Gasteiger partial charge in [-0.25, -0.2) is 4.39 Å². The standard InChI is InChI=1S/C22H31FN6O2/c1-29(17-10-12-31-13-11-17)22-27-20(24-15-6-4-2-3-5-7-15)26-21(28-22)25-16-8-9-19(30)18(23)14-16/h8-9,14-15,17,30H,2-7,10-13H2,1H3,(H2,24,25,26,27,28). The van der Waals surface area contributed by atoms with Gasteiger partial charge in [0.15, 0.2) is 11.6 Å². The number of aromatic nitrogens is 3. The lowest BCUT2D eigenvalue weighted by molar-refractivity contribution is 0.0852. The van der Waals surface area contributed by atoms with E-state index >= 15 is 0 Å². The fourth-order valence-corrected chi connectivity index (χ4v) is 4.20. The van der Waals surface area contributed by atoms with Crippen molar-refractivity contribution >= 4 is 23.5 Å². The average molecular weight is 431 g/mol. The maximum atomic E-state index is 13.8. The summed E-state index contributed by atoms with van der Waals surface area (Å²) in [6, 6.07) is 4.74. The van der Waals surface area contributed by atoms with Crippen LogP contribution in [0.1, 0.15) is 51.4 Å². The number of nitrogens with one attached hydrogen (secondary N) is 2. The van der Waals surface area contributed by atoms with E-state index in [4.69, 9.17) is 9.72 Å². The van der Waals surface area contributed by atoms with Crippen LogP contribution in [0.3, 0.4) is 0 Å². The lowest BCUT2D eigenvalue weighted by Crippen LogP contribution is -2.38. The second kappa shape index (κ2) is 10.1. The fraction of sp³-hybridized carbons (Fsp3) is 0.591. The van der Waals surface area contributed by atoms with Gasteiger partial charge in [0.05, 0.1) is 0 Å². The highest BCUT2D eigenvalue weighted by Gasteiger charge is 2.23. The number of ether oxygens (including phenoxy) is 1. The summed E-state index contributed by atoms with van der Waals surface area (Å²) in [4.78, 5) is 15.9. The van der Waals surface area contributed by atoms with Gasteiger partial charge in [-0.2, -0.15) is 15.0 Å². The molecule has 1 saturated carbocycles. The van der Waals surface area contributed by atoms with Crippen molar-refractivity contribution in [2.45, 2.75) is 63.5 Å². The second-order valence-corrected chi connectivity index (χ2v) is 8.36. The first-order valence-corrected chi connectivity index (χ1v) is 11.2. The molecule has 1 aliphatic carbocycles. The largest absolute Gasteiger partial charge is 0.505 e. The van der Waals surface area contributed by atoms with Crippen molar-refractivity contribution in [3.8, 4) is 5.75 Å². The molecule has 1 aliphatic heterocycles. The number of hydrogen-bond donors (Lipinski definition) is 3. The van der Waals surface area contributed by atoms with Gasteiger partial charge in [0.1, 0.15) is 0 Å². The fourth-order valence-electron chi connectivity index (χ4n) is 4.20. The molecule has 31 heavy (non-hydrogen) atoms. The molecular weight excluding hydrogens is 399 g/mol. The van der Waals surface area contributed by atoms with Crippen molar-refractivity contribution < 1.29 is 14.2 Å². The van der Waals surface area contributed by atoms with Crippen LogP contribution in [0.5, 0.6) is 5.75 Å². The van der Waals surface area contributed by atoms with E-state index < -0.39 is 11.6 Å². The summed E-state index contributed by atoms with van der Waals surface area (Å²) in [5.41, 5.74) is 0.460. The molecule has 0 bridgehead atoms. The zero-order chi connectivity index (χ0) is 21.6. The van der Waals surface area contributed by atoms with Crippen LogP contribution in [0.2, 0.25) is 0 Å². The number of phenols is 1. The average Bonchev–Trinajstić information content (AvgIpc) is 3.05. The van der Waals surface area contributed by atoms with Crippen molar-refractivity contribution in [2.75, 3.05) is 35.8 Å². The van der Waals surface area contributed by atoms with Crippen LogP contribution in [0.4, 0.5) is 27.9 Å². The lowest BCUT2D eigenvalue weighted by atomic mass is 10.1. The number of rotatable bonds is 6. The molecule has 0 radical (unpaired) electrons. The van der Waals surface area contributed by atoms with E-state index in [0.29, 0.717) is 35.6 Å². The van der Waals surface area contributed by atoms with Crippen LogP contribution < -0.4 is 15.5 Å². The highest BCUT2D eigenvalue weighted by atomic mass is 19.1. The molecule has 1 saturated heterocycles. The molecule has 0 atom stereocenters. The van der Waals surface area contributed by atoms with Crippen molar-refractivity contribution in [2.24, 2.45) is 0 Å². The lowest BCUT2D eigenvalue weighted by Gasteiger charge is -2.31. The van der Waals surface area contributed by atoms with Crippen LogP contribution in [0.15, 0.2) is 18.2 Å². The quantitative estimate of drug-likeness (QED) is 0.463. The summed E-state index contributed by atoms with van der Waals surface area (Å²) in [5.74, 6) is 0.342. The first kappa shape index (κ1) is 21.5. The smallest absolute Gasteiger partial charge is 0.233 e. The third-order valence-electron chi connectivity index (χ3n) is 6.07. The SMILES string of the molecule is CN(c1nc(Nc2ccc(O)c(F)c2)nc(NC2CCCCCC2)n1)C1CCOCC1. The van der Waals surface area contributed by atoms with E-state index in [9.17, 15) is 9.50 Å². The van der Waals surface area contributed by atoms with Crippen LogP contribution in [0, 0.1) is 5.82 Å². The zero-order valence-electron chi connectivity index (χ0n) is 18.0. The Hall–Kier alpha value is -2.68. The number of nitrogens with zero attached hydrogens (tertiary/aromatic N) is 4. The Balaban J connectivity index is 1.59. The number of hydrogen-bond acceptors (Lipinski definition) is 8. The summed E-state index contributed by atoms with van der Waals surface area (Å²) in [6.07, 6.45) is 8.98. The van der Waals surface area contributed by atoms with Crippen LogP contribution in [0.25, 0.3) is 0 Å². The molecule has 2 aromatic rings. The van der Waals surface area contributed by atoms with Crippen molar-refractivity contribution in [1.29, 1.82) is 0 Å². The topological polar surface area (TPSA) is 95.4 Å². The molecule has 8 nitrogen and oxygen atoms in total. The number of benzene rings is 1. The van der Waals surface area contributed by atoms with Gasteiger partial charge in [0.2, 0.25) is 17.8 Å². The van der Waals surface area contributed by atoms with Gasteiger partial charge in [-0.05, 0) is 37.8 Å². The Morgan fingerprint density at radius 3 is 2.42 bits per heavy atom. The van der Waals surface area contributed by atoms with E-state index in [1.165, 1.54) is 37.8 Å². The number of anilines is 4. The van der Waals surface area contributed by atoms with Crippen LogP contribution in [-0.2, 0) is 4.74 Å². The van der Waals surface area contributed by atoms with Crippen molar-refractivity contribution in [3.63, 3.8) is 0 Å². The van der Waals surface area contributed by atoms with E-state index in [1.54, 1.807) is 6.07 Å². The molecule has 0 spiro atoms. The first-order valence-electron chi connectivity index (χ1n) is 11.2. The molecule has 2 fully saturated rings. The van der Waals surface area contributed by atoms with Gasteiger partial charge in [-0.15, -0.1) is 0 Å². The molecular formula is C22H31FN6O2. The number of aromatic hydroxyl groups is 1. The molecule has 4 rings (SSSR count). The normalized spacial score (nSPS) is 18.4. The van der Waals surface area contributed by atoms with Gasteiger partial charge in [0, 0.05) is 44.1 Å². The third kappa shape index (κ3) is 5.72. The number of halogens is 1. The Morgan fingerprint density at radius 1 is 1.00 bits per heavy atom. The molecule has 2 aliphatic rings. The molecule has 1 aromatic heterocycles. The van der Waals surface area contributed by atoms with Gasteiger partial charge in [-0.3, -0.25) is 0 Å². The van der Waals surface area contributed by atoms with E-state index in [0.717, 1.165) is 38.9 Å².